The second kappa shape index (κ2) is 6.48. The second-order valence-corrected chi connectivity index (χ2v) is 3.65. The summed E-state index contributed by atoms with van der Waals surface area (Å²) in [5, 5.41) is 20.3. The third kappa shape index (κ3) is 3.51. The number of hydrogen-bond acceptors (Lipinski definition) is 5. The predicted octanol–water partition coefficient (Wildman–Crippen LogP) is 0.901. The summed E-state index contributed by atoms with van der Waals surface area (Å²) < 4.78 is 10.2. The van der Waals surface area contributed by atoms with E-state index in [0.29, 0.717) is 17.2 Å². The summed E-state index contributed by atoms with van der Waals surface area (Å²) in [7, 11) is 2.91. The maximum absolute atomic E-state index is 10.8. The first kappa shape index (κ1) is 14.6. The van der Waals surface area contributed by atoms with Crippen LogP contribution in [0.3, 0.4) is 0 Å². The number of rotatable bonds is 7. The van der Waals surface area contributed by atoms with Gasteiger partial charge in [0.05, 0.1) is 19.9 Å². The van der Waals surface area contributed by atoms with Crippen LogP contribution in [0.4, 0.5) is 5.69 Å². The lowest BCUT2D eigenvalue weighted by Crippen LogP contribution is -2.30. The summed E-state index contributed by atoms with van der Waals surface area (Å²) >= 11 is 0. The van der Waals surface area contributed by atoms with Crippen LogP contribution in [0.2, 0.25) is 0 Å². The summed E-state index contributed by atoms with van der Waals surface area (Å²) in [6, 6.07) is 5.00. The average Bonchev–Trinajstić information content (AvgIpc) is 2.37. The highest BCUT2D eigenvalue weighted by molar-refractivity contribution is 5.93. The van der Waals surface area contributed by atoms with Crippen molar-refractivity contribution in [2.45, 2.75) is 0 Å². The Labute approximate surface area is 109 Å². The minimum atomic E-state index is -1.53. The number of carbonyl (C=O) groups is 2. The summed E-state index contributed by atoms with van der Waals surface area (Å²) in [5.41, 5.74) is 0.467. The van der Waals surface area contributed by atoms with Gasteiger partial charge in [0.15, 0.2) is 17.4 Å². The first-order chi connectivity index (χ1) is 9.01. The number of carboxylic acids is 2. The van der Waals surface area contributed by atoms with E-state index in [-0.39, 0.29) is 6.54 Å². The fourth-order valence-corrected chi connectivity index (χ4v) is 1.52. The predicted molar refractivity (Wildman–Crippen MR) is 66.8 cm³/mol. The molecule has 7 heteroatoms. The van der Waals surface area contributed by atoms with Gasteiger partial charge in [0, 0.05) is 6.54 Å². The summed E-state index contributed by atoms with van der Waals surface area (Å²) in [4.78, 5) is 21.5. The lowest BCUT2D eigenvalue weighted by atomic mass is 10.1. The van der Waals surface area contributed by atoms with Crippen LogP contribution in [0.1, 0.15) is 0 Å². The van der Waals surface area contributed by atoms with Gasteiger partial charge in [0.25, 0.3) is 0 Å². The highest BCUT2D eigenvalue weighted by atomic mass is 16.5. The maximum Gasteiger partial charge on any atom is 0.319 e. The molecule has 19 heavy (non-hydrogen) atoms. The quantitative estimate of drug-likeness (QED) is 0.631. The minimum absolute atomic E-state index is 0.256. The molecule has 0 radical (unpaired) electrons. The lowest BCUT2D eigenvalue weighted by Gasteiger charge is -2.15. The van der Waals surface area contributed by atoms with E-state index in [9.17, 15) is 9.59 Å². The molecule has 104 valence electrons. The SMILES string of the molecule is COc1cccc(NCC(C(=O)O)C(=O)O)c1OC. The smallest absolute Gasteiger partial charge is 0.319 e. The zero-order valence-corrected chi connectivity index (χ0v) is 10.5. The number of para-hydroxylation sites is 1. The summed E-state index contributed by atoms with van der Waals surface area (Å²) in [6.07, 6.45) is 0. The van der Waals surface area contributed by atoms with Gasteiger partial charge < -0.3 is 25.0 Å². The molecule has 0 aliphatic rings. The van der Waals surface area contributed by atoms with Crippen LogP contribution in [0.15, 0.2) is 18.2 Å². The fourth-order valence-electron chi connectivity index (χ4n) is 1.52. The monoisotopic (exact) mass is 269 g/mol. The number of hydrogen-bond donors (Lipinski definition) is 3. The second-order valence-electron chi connectivity index (χ2n) is 3.65. The molecule has 1 aromatic carbocycles. The number of carboxylic acid groups (broad SMARTS) is 2. The number of methoxy groups -OCH3 is 2. The molecule has 0 fully saturated rings. The Bertz CT molecular complexity index is 459. The standard InChI is InChI=1S/C12H15NO6/c1-18-9-5-3-4-8(10(9)19-2)13-6-7(11(14)15)12(16)17/h3-5,7,13H,6H2,1-2H3,(H,14,15)(H,16,17). The normalized spacial score (nSPS) is 10.1. The molecule has 1 aromatic rings. The lowest BCUT2D eigenvalue weighted by molar-refractivity contribution is -0.153. The molecule has 3 N–H and O–H groups in total. The van der Waals surface area contributed by atoms with Crippen LogP contribution in [0.5, 0.6) is 11.5 Å². The number of anilines is 1. The van der Waals surface area contributed by atoms with Crippen molar-refractivity contribution in [3.8, 4) is 11.5 Å². The van der Waals surface area contributed by atoms with E-state index in [1.165, 1.54) is 14.2 Å². The molecule has 0 unspecified atom stereocenters. The van der Waals surface area contributed by atoms with Crippen LogP contribution in [0.25, 0.3) is 0 Å². The number of aliphatic carboxylic acids is 2. The topological polar surface area (TPSA) is 105 Å². The summed E-state index contributed by atoms with van der Waals surface area (Å²) in [6.45, 7) is -0.256. The van der Waals surface area contributed by atoms with Gasteiger partial charge in [-0.2, -0.15) is 0 Å². The van der Waals surface area contributed by atoms with Crippen molar-refractivity contribution in [3.05, 3.63) is 18.2 Å². The van der Waals surface area contributed by atoms with E-state index in [4.69, 9.17) is 19.7 Å². The van der Waals surface area contributed by atoms with Crippen molar-refractivity contribution in [2.75, 3.05) is 26.1 Å². The Morgan fingerprint density at radius 1 is 1.21 bits per heavy atom. The van der Waals surface area contributed by atoms with Crippen molar-refractivity contribution in [1.82, 2.24) is 0 Å². The molecule has 0 saturated carbocycles. The van der Waals surface area contributed by atoms with Crippen molar-refractivity contribution in [2.24, 2.45) is 5.92 Å². The molecule has 0 saturated heterocycles. The highest BCUT2D eigenvalue weighted by Crippen LogP contribution is 2.34. The number of benzene rings is 1. The van der Waals surface area contributed by atoms with Gasteiger partial charge in [0.1, 0.15) is 0 Å². The van der Waals surface area contributed by atoms with E-state index in [2.05, 4.69) is 5.32 Å². The molecule has 7 nitrogen and oxygen atoms in total. The number of nitrogens with one attached hydrogen (secondary N) is 1. The zero-order valence-electron chi connectivity index (χ0n) is 10.5. The van der Waals surface area contributed by atoms with Crippen molar-refractivity contribution in [3.63, 3.8) is 0 Å². The van der Waals surface area contributed by atoms with Gasteiger partial charge in [-0.1, -0.05) is 6.07 Å². The van der Waals surface area contributed by atoms with Crippen molar-refractivity contribution < 1.29 is 29.3 Å². The Morgan fingerprint density at radius 3 is 2.32 bits per heavy atom. The summed E-state index contributed by atoms with van der Waals surface area (Å²) in [5.74, 6) is -3.48. The van der Waals surface area contributed by atoms with Gasteiger partial charge in [0.2, 0.25) is 0 Å². The molecule has 0 bridgehead atoms. The van der Waals surface area contributed by atoms with E-state index in [0.717, 1.165) is 0 Å². The zero-order chi connectivity index (χ0) is 14.4. The Morgan fingerprint density at radius 2 is 1.84 bits per heavy atom. The highest BCUT2D eigenvalue weighted by Gasteiger charge is 2.25. The molecule has 0 heterocycles. The van der Waals surface area contributed by atoms with Gasteiger partial charge in [-0.25, -0.2) is 0 Å². The minimum Gasteiger partial charge on any atom is -0.493 e. The van der Waals surface area contributed by atoms with E-state index >= 15 is 0 Å². The molecule has 0 aliphatic carbocycles. The molecule has 0 spiro atoms. The van der Waals surface area contributed by atoms with E-state index in [1.807, 2.05) is 0 Å². The Kier molecular flexibility index (Phi) is 4.99. The van der Waals surface area contributed by atoms with Gasteiger partial charge in [-0.05, 0) is 12.1 Å². The first-order valence-corrected chi connectivity index (χ1v) is 5.41. The van der Waals surface area contributed by atoms with E-state index in [1.54, 1.807) is 18.2 Å². The molecular formula is C12H15NO6. The maximum atomic E-state index is 10.8. The fraction of sp³-hybridized carbons (Fsp3) is 0.333. The average molecular weight is 269 g/mol. The van der Waals surface area contributed by atoms with E-state index < -0.39 is 17.9 Å². The molecule has 0 atom stereocenters. The van der Waals surface area contributed by atoms with Gasteiger partial charge in [-0.3, -0.25) is 9.59 Å². The van der Waals surface area contributed by atoms with Crippen LogP contribution in [-0.4, -0.2) is 42.9 Å². The van der Waals surface area contributed by atoms with Gasteiger partial charge in [-0.15, -0.1) is 0 Å². The molecular weight excluding hydrogens is 254 g/mol. The number of ether oxygens (including phenoxy) is 2. The van der Waals surface area contributed by atoms with Crippen molar-refractivity contribution in [1.29, 1.82) is 0 Å². The third-order valence-corrected chi connectivity index (χ3v) is 2.50. The molecule has 0 aliphatic heterocycles. The van der Waals surface area contributed by atoms with Gasteiger partial charge >= 0.3 is 11.9 Å². The van der Waals surface area contributed by atoms with Crippen LogP contribution in [-0.2, 0) is 9.59 Å². The third-order valence-electron chi connectivity index (χ3n) is 2.50. The van der Waals surface area contributed by atoms with Crippen LogP contribution >= 0.6 is 0 Å². The molecule has 0 aromatic heterocycles. The molecule has 0 amide bonds. The van der Waals surface area contributed by atoms with Crippen LogP contribution < -0.4 is 14.8 Å². The van der Waals surface area contributed by atoms with Crippen molar-refractivity contribution >= 4 is 17.6 Å². The largest absolute Gasteiger partial charge is 0.493 e. The molecule has 1 rings (SSSR count). The first-order valence-electron chi connectivity index (χ1n) is 5.41. The van der Waals surface area contributed by atoms with Crippen LogP contribution in [0, 0.1) is 5.92 Å². The Hall–Kier alpha value is -2.44. The Balaban J connectivity index is 2.88.